The molecule has 0 unspecified atom stereocenters. The van der Waals surface area contributed by atoms with Gasteiger partial charge in [-0.15, -0.1) is 11.8 Å². The minimum absolute atomic E-state index is 0.0514. The molecule has 0 aliphatic rings. The quantitative estimate of drug-likeness (QED) is 0.513. The van der Waals surface area contributed by atoms with Crippen LogP contribution in [0.15, 0.2) is 63.3 Å². The minimum atomic E-state index is -3.95. The first-order valence-corrected chi connectivity index (χ1v) is 11.7. The maximum atomic E-state index is 13.2. The number of thioether (sulfide) groups is 1. The van der Waals surface area contributed by atoms with Crippen molar-refractivity contribution >= 4 is 50.6 Å². The summed E-state index contributed by atoms with van der Waals surface area (Å²) in [5, 5.41) is 7.66. The maximum absolute atomic E-state index is 13.2. The molecule has 8 nitrogen and oxygen atoms in total. The molecule has 30 heavy (non-hydrogen) atoms. The number of benzene rings is 2. The third-order valence-corrected chi connectivity index (χ3v) is 7.06. The van der Waals surface area contributed by atoms with Gasteiger partial charge in [0.1, 0.15) is 28.0 Å². The summed E-state index contributed by atoms with van der Waals surface area (Å²) < 4.78 is 32.6. The Kier molecular flexibility index (Phi) is 6.59. The van der Waals surface area contributed by atoms with Crippen LogP contribution >= 0.6 is 23.4 Å². The highest BCUT2D eigenvalue weighted by atomic mass is 35.5. The van der Waals surface area contributed by atoms with Gasteiger partial charge in [-0.05, 0) is 54.8 Å². The second-order valence-electron chi connectivity index (χ2n) is 6.12. The SMILES string of the molecule is COc1ccc(S(=O)(=O)c2c(SC)nn(CC(=O)Nc3ccc(Cl)cc3)c2N)cc1. The fourth-order valence-corrected chi connectivity index (χ4v) is 5.24. The number of sulfone groups is 1. The summed E-state index contributed by atoms with van der Waals surface area (Å²) in [6.45, 7) is -0.250. The van der Waals surface area contributed by atoms with Gasteiger partial charge >= 0.3 is 0 Å². The molecule has 0 aliphatic carbocycles. The Morgan fingerprint density at radius 2 is 1.83 bits per heavy atom. The zero-order valence-electron chi connectivity index (χ0n) is 16.1. The predicted molar refractivity (Wildman–Crippen MR) is 117 cm³/mol. The highest BCUT2D eigenvalue weighted by molar-refractivity contribution is 7.99. The summed E-state index contributed by atoms with van der Waals surface area (Å²) in [6, 6.07) is 12.6. The van der Waals surface area contributed by atoms with E-state index in [9.17, 15) is 13.2 Å². The lowest BCUT2D eigenvalue weighted by Gasteiger charge is -2.08. The Balaban J connectivity index is 1.89. The number of anilines is 2. The van der Waals surface area contributed by atoms with Crippen LogP contribution in [0.5, 0.6) is 5.75 Å². The number of nitrogen functional groups attached to an aromatic ring is 1. The van der Waals surface area contributed by atoms with Gasteiger partial charge in [0.25, 0.3) is 0 Å². The molecule has 3 N–H and O–H groups in total. The Morgan fingerprint density at radius 3 is 2.40 bits per heavy atom. The Bertz CT molecular complexity index is 1160. The van der Waals surface area contributed by atoms with E-state index < -0.39 is 15.7 Å². The topological polar surface area (TPSA) is 116 Å². The summed E-state index contributed by atoms with van der Waals surface area (Å²) in [7, 11) is -2.45. The second kappa shape index (κ2) is 8.99. The standard InChI is InChI=1S/C19H19ClN4O4S2/c1-28-14-7-9-15(10-8-14)30(26,27)17-18(21)24(23-19(17)29-2)11-16(25)22-13-5-3-12(20)4-6-13/h3-10H,11,21H2,1-2H3,(H,22,25). The van der Waals surface area contributed by atoms with Gasteiger partial charge in [0.05, 0.1) is 12.0 Å². The lowest BCUT2D eigenvalue weighted by Crippen LogP contribution is -2.21. The van der Waals surface area contributed by atoms with E-state index in [1.54, 1.807) is 42.7 Å². The van der Waals surface area contributed by atoms with E-state index in [4.69, 9.17) is 22.1 Å². The molecule has 3 rings (SSSR count). The van der Waals surface area contributed by atoms with Gasteiger partial charge in [-0.25, -0.2) is 13.1 Å². The highest BCUT2D eigenvalue weighted by Crippen LogP contribution is 2.34. The molecule has 3 aromatic rings. The van der Waals surface area contributed by atoms with E-state index in [1.165, 1.54) is 23.9 Å². The van der Waals surface area contributed by atoms with Crippen molar-refractivity contribution in [2.24, 2.45) is 0 Å². The summed E-state index contributed by atoms with van der Waals surface area (Å²) in [6.07, 6.45) is 1.69. The largest absolute Gasteiger partial charge is 0.497 e. The van der Waals surface area contributed by atoms with Crippen molar-refractivity contribution in [3.63, 3.8) is 0 Å². The van der Waals surface area contributed by atoms with Gasteiger partial charge in [0.15, 0.2) is 0 Å². The summed E-state index contributed by atoms with van der Waals surface area (Å²) in [5.74, 6) is 0.00979. The second-order valence-corrected chi connectivity index (χ2v) is 9.23. The number of nitrogens with one attached hydrogen (secondary N) is 1. The van der Waals surface area contributed by atoms with Crippen molar-refractivity contribution in [1.82, 2.24) is 9.78 Å². The van der Waals surface area contributed by atoms with Crippen molar-refractivity contribution in [2.45, 2.75) is 21.4 Å². The van der Waals surface area contributed by atoms with Crippen LogP contribution in [0, 0.1) is 0 Å². The molecule has 0 saturated heterocycles. The third kappa shape index (κ3) is 4.55. The average molecular weight is 467 g/mol. The third-order valence-electron chi connectivity index (χ3n) is 4.17. The zero-order valence-corrected chi connectivity index (χ0v) is 18.5. The smallest absolute Gasteiger partial charge is 0.246 e. The predicted octanol–water partition coefficient (Wildman–Crippen LogP) is 3.32. The number of carbonyl (C=O) groups is 1. The lowest BCUT2D eigenvalue weighted by atomic mass is 10.3. The normalized spacial score (nSPS) is 11.3. The van der Waals surface area contributed by atoms with Gasteiger partial charge in [-0.1, -0.05) is 11.6 Å². The number of hydrogen-bond acceptors (Lipinski definition) is 7. The number of nitrogens with two attached hydrogens (primary N) is 1. The number of aromatic nitrogens is 2. The molecule has 2 aromatic carbocycles. The summed E-state index contributed by atoms with van der Waals surface area (Å²) >= 11 is 6.97. The number of halogens is 1. The van der Waals surface area contributed by atoms with E-state index in [0.29, 0.717) is 16.5 Å². The molecule has 0 spiro atoms. The van der Waals surface area contributed by atoms with Gasteiger partial charge in [-0.3, -0.25) is 4.79 Å². The van der Waals surface area contributed by atoms with Gasteiger partial charge < -0.3 is 15.8 Å². The molecular weight excluding hydrogens is 448 g/mol. The number of nitrogens with zero attached hydrogens (tertiary/aromatic N) is 2. The molecular formula is C19H19ClN4O4S2. The van der Waals surface area contributed by atoms with Crippen molar-refractivity contribution in [2.75, 3.05) is 24.4 Å². The number of rotatable bonds is 7. The minimum Gasteiger partial charge on any atom is -0.497 e. The van der Waals surface area contributed by atoms with Crippen LogP contribution in [-0.4, -0.2) is 37.5 Å². The summed E-state index contributed by atoms with van der Waals surface area (Å²) in [5.41, 5.74) is 6.65. The van der Waals surface area contributed by atoms with Crippen LogP contribution in [-0.2, 0) is 21.2 Å². The van der Waals surface area contributed by atoms with Crippen molar-refractivity contribution in [3.8, 4) is 5.75 Å². The Morgan fingerprint density at radius 1 is 1.20 bits per heavy atom. The maximum Gasteiger partial charge on any atom is 0.246 e. The molecule has 0 saturated carbocycles. The zero-order chi connectivity index (χ0) is 21.9. The first kappa shape index (κ1) is 22.0. The molecule has 0 atom stereocenters. The van der Waals surface area contributed by atoms with Crippen molar-refractivity contribution in [1.29, 1.82) is 0 Å². The number of methoxy groups -OCH3 is 1. The van der Waals surface area contributed by atoms with Crippen LogP contribution in [0.25, 0.3) is 0 Å². The van der Waals surface area contributed by atoms with Crippen LogP contribution < -0.4 is 15.8 Å². The van der Waals surface area contributed by atoms with Crippen LogP contribution in [0.3, 0.4) is 0 Å². The molecule has 1 aromatic heterocycles. The first-order chi connectivity index (χ1) is 14.3. The molecule has 0 aliphatic heterocycles. The van der Waals surface area contributed by atoms with Gasteiger partial charge in [0.2, 0.25) is 15.7 Å². The molecule has 0 fully saturated rings. The first-order valence-electron chi connectivity index (χ1n) is 8.61. The molecule has 1 heterocycles. The Labute approximate surface area is 183 Å². The number of hydrogen-bond donors (Lipinski definition) is 2. The van der Waals surface area contributed by atoms with E-state index in [-0.39, 0.29) is 27.2 Å². The van der Waals surface area contributed by atoms with E-state index in [2.05, 4.69) is 10.4 Å². The summed E-state index contributed by atoms with van der Waals surface area (Å²) in [4.78, 5) is 12.3. The lowest BCUT2D eigenvalue weighted by molar-refractivity contribution is -0.116. The average Bonchev–Trinajstić information content (AvgIpc) is 3.05. The van der Waals surface area contributed by atoms with E-state index >= 15 is 0 Å². The van der Waals surface area contributed by atoms with Gasteiger partial charge in [0, 0.05) is 10.7 Å². The monoisotopic (exact) mass is 466 g/mol. The number of amides is 1. The number of ether oxygens (including phenoxy) is 1. The van der Waals surface area contributed by atoms with Crippen LogP contribution in [0.1, 0.15) is 0 Å². The van der Waals surface area contributed by atoms with Crippen LogP contribution in [0.2, 0.25) is 5.02 Å². The van der Waals surface area contributed by atoms with Gasteiger partial charge in [-0.2, -0.15) is 5.10 Å². The molecule has 158 valence electrons. The highest BCUT2D eigenvalue weighted by Gasteiger charge is 2.29. The molecule has 11 heteroatoms. The molecule has 1 amide bonds. The van der Waals surface area contributed by atoms with E-state index in [0.717, 1.165) is 11.8 Å². The van der Waals surface area contributed by atoms with Crippen molar-refractivity contribution < 1.29 is 17.9 Å². The fraction of sp³-hybridized carbons (Fsp3) is 0.158. The Hall–Kier alpha value is -2.69. The molecule has 0 bridgehead atoms. The van der Waals surface area contributed by atoms with Crippen LogP contribution in [0.4, 0.5) is 11.5 Å². The molecule has 0 radical (unpaired) electrons. The fourth-order valence-electron chi connectivity index (χ4n) is 2.68. The van der Waals surface area contributed by atoms with Crippen molar-refractivity contribution in [3.05, 3.63) is 53.6 Å². The van der Waals surface area contributed by atoms with E-state index in [1.807, 2.05) is 0 Å². The number of carbonyl (C=O) groups excluding carboxylic acids is 1.